The number of aromatic hydroxyl groups is 1. The SMILES string of the molecule is NCC(NC1CCC1)c1cccc(O)c1. The summed E-state index contributed by atoms with van der Waals surface area (Å²) in [6, 6.07) is 8.10. The Morgan fingerprint density at radius 3 is 2.80 bits per heavy atom. The van der Waals surface area contributed by atoms with Gasteiger partial charge in [0, 0.05) is 18.6 Å². The van der Waals surface area contributed by atoms with E-state index in [9.17, 15) is 5.11 Å². The monoisotopic (exact) mass is 206 g/mol. The lowest BCUT2D eigenvalue weighted by molar-refractivity contribution is 0.307. The number of hydrogen-bond acceptors (Lipinski definition) is 3. The minimum absolute atomic E-state index is 0.169. The van der Waals surface area contributed by atoms with Crippen molar-refractivity contribution in [1.29, 1.82) is 0 Å². The summed E-state index contributed by atoms with van der Waals surface area (Å²) < 4.78 is 0. The zero-order valence-electron chi connectivity index (χ0n) is 8.82. The number of rotatable bonds is 4. The number of phenolic OH excluding ortho intramolecular Hbond substituents is 1. The quantitative estimate of drug-likeness (QED) is 0.700. The molecule has 0 amide bonds. The molecule has 15 heavy (non-hydrogen) atoms. The molecule has 1 saturated carbocycles. The summed E-state index contributed by atoms with van der Waals surface area (Å²) in [5, 5.41) is 12.9. The van der Waals surface area contributed by atoms with E-state index in [-0.39, 0.29) is 6.04 Å². The van der Waals surface area contributed by atoms with Crippen molar-refractivity contribution >= 4 is 0 Å². The molecule has 0 saturated heterocycles. The number of phenols is 1. The summed E-state index contributed by atoms with van der Waals surface area (Å²) in [6.45, 7) is 0.569. The highest BCUT2D eigenvalue weighted by Gasteiger charge is 2.21. The highest BCUT2D eigenvalue weighted by Crippen LogP contribution is 2.23. The van der Waals surface area contributed by atoms with Crippen molar-refractivity contribution in [3.8, 4) is 5.75 Å². The molecule has 1 atom stereocenters. The van der Waals surface area contributed by atoms with Gasteiger partial charge in [0.15, 0.2) is 0 Å². The van der Waals surface area contributed by atoms with Crippen LogP contribution in [0.25, 0.3) is 0 Å². The van der Waals surface area contributed by atoms with Crippen LogP contribution in [0.2, 0.25) is 0 Å². The zero-order valence-corrected chi connectivity index (χ0v) is 8.82. The van der Waals surface area contributed by atoms with E-state index in [2.05, 4.69) is 5.32 Å². The lowest BCUT2D eigenvalue weighted by Crippen LogP contribution is -2.40. The standard InChI is InChI=1S/C12H18N2O/c13-8-12(14-10-4-2-5-10)9-3-1-6-11(15)7-9/h1,3,6-7,10,12,14-15H,2,4-5,8,13H2. The van der Waals surface area contributed by atoms with E-state index in [1.165, 1.54) is 19.3 Å². The van der Waals surface area contributed by atoms with E-state index in [0.717, 1.165) is 5.56 Å². The van der Waals surface area contributed by atoms with Gasteiger partial charge in [-0.3, -0.25) is 0 Å². The third-order valence-corrected chi connectivity index (χ3v) is 3.05. The summed E-state index contributed by atoms with van der Waals surface area (Å²) >= 11 is 0. The topological polar surface area (TPSA) is 58.3 Å². The van der Waals surface area contributed by atoms with Crippen LogP contribution in [-0.4, -0.2) is 17.7 Å². The van der Waals surface area contributed by atoms with Crippen LogP contribution >= 0.6 is 0 Å². The Kier molecular flexibility index (Phi) is 3.23. The summed E-state index contributed by atoms with van der Waals surface area (Å²) in [7, 11) is 0. The number of benzene rings is 1. The van der Waals surface area contributed by atoms with Gasteiger partial charge in [-0.1, -0.05) is 18.6 Å². The highest BCUT2D eigenvalue weighted by molar-refractivity contribution is 5.29. The second kappa shape index (κ2) is 4.64. The maximum Gasteiger partial charge on any atom is 0.115 e. The predicted octanol–water partition coefficient (Wildman–Crippen LogP) is 1.53. The van der Waals surface area contributed by atoms with Crippen LogP contribution in [0.15, 0.2) is 24.3 Å². The first-order valence-corrected chi connectivity index (χ1v) is 5.54. The second-order valence-electron chi connectivity index (χ2n) is 4.18. The highest BCUT2D eigenvalue weighted by atomic mass is 16.3. The Morgan fingerprint density at radius 1 is 1.47 bits per heavy atom. The van der Waals surface area contributed by atoms with E-state index in [1.54, 1.807) is 12.1 Å². The zero-order chi connectivity index (χ0) is 10.7. The average molecular weight is 206 g/mol. The van der Waals surface area contributed by atoms with Gasteiger partial charge in [-0.15, -0.1) is 0 Å². The molecule has 1 fully saturated rings. The molecule has 4 N–H and O–H groups in total. The van der Waals surface area contributed by atoms with Gasteiger partial charge in [0.1, 0.15) is 5.75 Å². The van der Waals surface area contributed by atoms with Gasteiger partial charge in [-0.2, -0.15) is 0 Å². The average Bonchev–Trinajstić information content (AvgIpc) is 2.16. The molecule has 0 bridgehead atoms. The van der Waals surface area contributed by atoms with Crippen molar-refractivity contribution in [2.45, 2.75) is 31.3 Å². The molecule has 0 aliphatic heterocycles. The summed E-state index contributed by atoms with van der Waals surface area (Å²) in [6.07, 6.45) is 3.81. The smallest absolute Gasteiger partial charge is 0.115 e. The van der Waals surface area contributed by atoms with Crippen molar-refractivity contribution in [3.63, 3.8) is 0 Å². The fourth-order valence-electron chi connectivity index (χ4n) is 1.90. The van der Waals surface area contributed by atoms with E-state index >= 15 is 0 Å². The van der Waals surface area contributed by atoms with E-state index in [4.69, 9.17) is 5.73 Å². The fourth-order valence-corrected chi connectivity index (χ4v) is 1.90. The first kappa shape index (κ1) is 10.5. The predicted molar refractivity (Wildman–Crippen MR) is 60.7 cm³/mol. The van der Waals surface area contributed by atoms with Gasteiger partial charge < -0.3 is 16.2 Å². The molecule has 82 valence electrons. The molecular weight excluding hydrogens is 188 g/mol. The molecule has 0 radical (unpaired) electrons. The molecule has 0 spiro atoms. The van der Waals surface area contributed by atoms with Crippen LogP contribution in [-0.2, 0) is 0 Å². The number of nitrogens with two attached hydrogens (primary N) is 1. The molecular formula is C12H18N2O. The van der Waals surface area contributed by atoms with Crippen LogP contribution in [0.4, 0.5) is 0 Å². The normalized spacial score (nSPS) is 18.5. The molecule has 2 rings (SSSR count). The first-order chi connectivity index (χ1) is 7.29. The minimum atomic E-state index is 0.169. The molecule has 1 aromatic rings. The summed E-state index contributed by atoms with van der Waals surface area (Å²) in [5.41, 5.74) is 6.81. The Hall–Kier alpha value is -1.06. The van der Waals surface area contributed by atoms with Gasteiger partial charge in [0.25, 0.3) is 0 Å². The molecule has 1 aromatic carbocycles. The Bertz CT molecular complexity index is 323. The second-order valence-corrected chi connectivity index (χ2v) is 4.18. The van der Waals surface area contributed by atoms with Crippen LogP contribution < -0.4 is 11.1 Å². The van der Waals surface area contributed by atoms with E-state index < -0.39 is 0 Å². The van der Waals surface area contributed by atoms with Crippen molar-refractivity contribution in [2.24, 2.45) is 5.73 Å². The third-order valence-electron chi connectivity index (χ3n) is 3.05. The summed E-state index contributed by atoms with van der Waals surface area (Å²) in [5.74, 6) is 0.307. The van der Waals surface area contributed by atoms with Crippen molar-refractivity contribution in [2.75, 3.05) is 6.54 Å². The minimum Gasteiger partial charge on any atom is -0.508 e. The van der Waals surface area contributed by atoms with E-state index in [0.29, 0.717) is 18.3 Å². The Balaban J connectivity index is 2.04. The number of nitrogens with one attached hydrogen (secondary N) is 1. The van der Waals surface area contributed by atoms with Crippen molar-refractivity contribution < 1.29 is 5.11 Å². The molecule has 0 aromatic heterocycles. The lowest BCUT2D eigenvalue weighted by atomic mass is 9.91. The molecule has 1 aliphatic rings. The third kappa shape index (κ3) is 2.49. The van der Waals surface area contributed by atoms with Gasteiger partial charge in [-0.25, -0.2) is 0 Å². The number of hydrogen-bond donors (Lipinski definition) is 3. The Morgan fingerprint density at radius 2 is 2.27 bits per heavy atom. The largest absolute Gasteiger partial charge is 0.508 e. The summed E-state index contributed by atoms with van der Waals surface area (Å²) in [4.78, 5) is 0. The van der Waals surface area contributed by atoms with Crippen molar-refractivity contribution in [3.05, 3.63) is 29.8 Å². The van der Waals surface area contributed by atoms with Crippen LogP contribution in [0.1, 0.15) is 30.9 Å². The molecule has 1 unspecified atom stereocenters. The molecule has 3 nitrogen and oxygen atoms in total. The molecule has 1 aliphatic carbocycles. The molecule has 3 heteroatoms. The Labute approximate surface area is 90.3 Å². The van der Waals surface area contributed by atoms with Gasteiger partial charge in [0.2, 0.25) is 0 Å². The van der Waals surface area contributed by atoms with Gasteiger partial charge in [0.05, 0.1) is 0 Å². The van der Waals surface area contributed by atoms with Crippen LogP contribution in [0.3, 0.4) is 0 Å². The first-order valence-electron chi connectivity index (χ1n) is 5.54. The van der Waals surface area contributed by atoms with Gasteiger partial charge >= 0.3 is 0 Å². The van der Waals surface area contributed by atoms with Crippen LogP contribution in [0, 0.1) is 0 Å². The van der Waals surface area contributed by atoms with E-state index in [1.807, 2.05) is 12.1 Å². The maximum absolute atomic E-state index is 9.39. The lowest BCUT2D eigenvalue weighted by Gasteiger charge is -2.31. The maximum atomic E-state index is 9.39. The van der Waals surface area contributed by atoms with Crippen LogP contribution in [0.5, 0.6) is 5.75 Å². The fraction of sp³-hybridized carbons (Fsp3) is 0.500. The molecule has 0 heterocycles. The van der Waals surface area contributed by atoms with Crippen molar-refractivity contribution in [1.82, 2.24) is 5.32 Å². The van der Waals surface area contributed by atoms with Gasteiger partial charge in [-0.05, 0) is 30.5 Å².